The summed E-state index contributed by atoms with van der Waals surface area (Å²) in [6.07, 6.45) is 2.71. The van der Waals surface area contributed by atoms with E-state index in [1.165, 1.54) is 30.5 Å². The fourth-order valence-corrected chi connectivity index (χ4v) is 3.07. The lowest BCUT2D eigenvalue weighted by atomic mass is 9.97. The van der Waals surface area contributed by atoms with Crippen molar-refractivity contribution in [3.8, 4) is 0 Å². The van der Waals surface area contributed by atoms with Crippen molar-refractivity contribution < 1.29 is 14.1 Å². The number of hydrogen-bond acceptors (Lipinski definition) is 5. The Morgan fingerprint density at radius 2 is 2.19 bits per heavy atom. The van der Waals surface area contributed by atoms with Crippen LogP contribution in [-0.2, 0) is 4.79 Å². The number of aromatic nitrogens is 1. The summed E-state index contributed by atoms with van der Waals surface area (Å²) in [6, 6.07) is 7.00. The fraction of sp³-hybridized carbons (Fsp3) is 0.294. The van der Waals surface area contributed by atoms with Gasteiger partial charge in [-0.05, 0) is 37.1 Å². The van der Waals surface area contributed by atoms with Crippen LogP contribution in [0.4, 0.5) is 21.6 Å². The number of hydrogen-bond donors (Lipinski definition) is 1. The second kappa shape index (κ2) is 7.65. The number of halogens is 2. The van der Waals surface area contributed by atoms with Crippen LogP contribution in [0.25, 0.3) is 0 Å². The maximum atomic E-state index is 13.2. The van der Waals surface area contributed by atoms with Crippen LogP contribution in [0.1, 0.15) is 12.8 Å². The van der Waals surface area contributed by atoms with Crippen molar-refractivity contribution in [2.45, 2.75) is 12.8 Å². The van der Waals surface area contributed by atoms with Crippen molar-refractivity contribution >= 4 is 34.7 Å². The second-order valence-electron chi connectivity index (χ2n) is 6.04. The highest BCUT2D eigenvalue weighted by Crippen LogP contribution is 2.25. The van der Waals surface area contributed by atoms with Crippen LogP contribution in [-0.4, -0.2) is 28.9 Å². The summed E-state index contributed by atoms with van der Waals surface area (Å²) in [5, 5.41) is 13.4. The monoisotopic (exact) mass is 378 g/mol. The van der Waals surface area contributed by atoms with Gasteiger partial charge < -0.3 is 10.2 Å². The van der Waals surface area contributed by atoms with Crippen molar-refractivity contribution in [3.63, 3.8) is 0 Å². The third-order valence-electron chi connectivity index (χ3n) is 4.25. The Hall–Kier alpha value is -2.74. The minimum atomic E-state index is -0.544. The van der Waals surface area contributed by atoms with Crippen LogP contribution >= 0.6 is 11.6 Å². The predicted octanol–water partition coefficient (Wildman–Crippen LogP) is 3.64. The Morgan fingerprint density at radius 1 is 1.38 bits per heavy atom. The number of nitrogens with zero attached hydrogens (tertiary/aromatic N) is 3. The van der Waals surface area contributed by atoms with E-state index in [-0.39, 0.29) is 22.5 Å². The van der Waals surface area contributed by atoms with Gasteiger partial charge in [0.25, 0.3) is 5.69 Å². The SMILES string of the molecule is O=C(Nc1ccc(F)c(Cl)c1)[C@H]1CCCN(c2ccc([N+](=O)[O-])cn2)C1. The van der Waals surface area contributed by atoms with Gasteiger partial charge in [-0.15, -0.1) is 0 Å². The molecule has 0 bridgehead atoms. The minimum Gasteiger partial charge on any atom is -0.356 e. The minimum absolute atomic E-state index is 0.0526. The van der Waals surface area contributed by atoms with E-state index in [4.69, 9.17) is 11.6 Å². The van der Waals surface area contributed by atoms with E-state index >= 15 is 0 Å². The zero-order valence-corrected chi connectivity index (χ0v) is 14.4. The Labute approximate surface area is 153 Å². The average Bonchev–Trinajstić information content (AvgIpc) is 2.65. The molecule has 1 N–H and O–H groups in total. The van der Waals surface area contributed by atoms with Gasteiger partial charge >= 0.3 is 0 Å². The molecule has 7 nitrogen and oxygen atoms in total. The van der Waals surface area contributed by atoms with Crippen LogP contribution in [0.5, 0.6) is 0 Å². The fourth-order valence-electron chi connectivity index (χ4n) is 2.89. The lowest BCUT2D eigenvalue weighted by Crippen LogP contribution is -2.41. The van der Waals surface area contributed by atoms with Gasteiger partial charge in [0.15, 0.2) is 0 Å². The van der Waals surface area contributed by atoms with Crippen molar-refractivity contribution in [2.24, 2.45) is 5.92 Å². The molecule has 3 rings (SSSR count). The Kier molecular flexibility index (Phi) is 5.32. The first kappa shape index (κ1) is 18.1. The third-order valence-corrected chi connectivity index (χ3v) is 4.54. The smallest absolute Gasteiger partial charge is 0.287 e. The number of carbonyl (C=O) groups is 1. The molecule has 1 aliphatic heterocycles. The van der Waals surface area contributed by atoms with Crippen LogP contribution < -0.4 is 10.2 Å². The summed E-state index contributed by atoms with van der Waals surface area (Å²) in [5.74, 6) is -0.403. The first-order chi connectivity index (χ1) is 12.4. The summed E-state index contributed by atoms with van der Waals surface area (Å²) in [4.78, 5) is 28.8. The van der Waals surface area contributed by atoms with Gasteiger partial charge in [0, 0.05) is 24.8 Å². The van der Waals surface area contributed by atoms with E-state index in [1.54, 1.807) is 6.07 Å². The summed E-state index contributed by atoms with van der Waals surface area (Å²) in [7, 11) is 0. The second-order valence-corrected chi connectivity index (χ2v) is 6.44. The molecule has 0 spiro atoms. The van der Waals surface area contributed by atoms with E-state index in [0.29, 0.717) is 24.5 Å². The third kappa shape index (κ3) is 4.08. The van der Waals surface area contributed by atoms with E-state index in [0.717, 1.165) is 13.0 Å². The largest absolute Gasteiger partial charge is 0.356 e. The highest BCUT2D eigenvalue weighted by molar-refractivity contribution is 6.31. The Bertz CT molecular complexity index is 831. The van der Waals surface area contributed by atoms with Gasteiger partial charge in [-0.25, -0.2) is 9.37 Å². The first-order valence-corrected chi connectivity index (χ1v) is 8.43. The van der Waals surface area contributed by atoms with Crippen molar-refractivity contribution in [1.29, 1.82) is 0 Å². The topological polar surface area (TPSA) is 88.4 Å². The number of pyridine rings is 1. The van der Waals surface area contributed by atoms with Gasteiger partial charge in [0.05, 0.1) is 15.9 Å². The quantitative estimate of drug-likeness (QED) is 0.648. The van der Waals surface area contributed by atoms with Gasteiger partial charge in [-0.3, -0.25) is 14.9 Å². The first-order valence-electron chi connectivity index (χ1n) is 8.05. The van der Waals surface area contributed by atoms with Gasteiger partial charge in [0.2, 0.25) is 5.91 Å². The lowest BCUT2D eigenvalue weighted by Gasteiger charge is -2.32. The van der Waals surface area contributed by atoms with E-state index in [1.807, 2.05) is 4.90 Å². The molecule has 0 radical (unpaired) electrons. The maximum absolute atomic E-state index is 13.2. The number of anilines is 2. The number of piperidine rings is 1. The van der Waals surface area contributed by atoms with E-state index < -0.39 is 10.7 Å². The predicted molar refractivity (Wildman–Crippen MR) is 95.9 cm³/mol. The maximum Gasteiger partial charge on any atom is 0.287 e. The molecule has 1 aliphatic rings. The molecule has 1 aromatic heterocycles. The normalized spacial score (nSPS) is 17.0. The molecular formula is C17H16ClFN4O3. The Balaban J connectivity index is 1.66. The van der Waals surface area contributed by atoms with E-state index in [9.17, 15) is 19.3 Å². The number of carbonyl (C=O) groups excluding carboxylic acids is 1. The molecule has 1 atom stereocenters. The zero-order chi connectivity index (χ0) is 18.7. The van der Waals surface area contributed by atoms with Crippen molar-refractivity contribution in [3.05, 3.63) is 57.5 Å². The number of rotatable bonds is 4. The molecule has 1 saturated heterocycles. The molecule has 2 heterocycles. The van der Waals surface area contributed by atoms with Gasteiger partial charge in [-0.1, -0.05) is 11.6 Å². The van der Waals surface area contributed by atoms with Crippen molar-refractivity contribution in [2.75, 3.05) is 23.3 Å². The lowest BCUT2D eigenvalue weighted by molar-refractivity contribution is -0.385. The zero-order valence-electron chi connectivity index (χ0n) is 13.7. The Morgan fingerprint density at radius 3 is 2.85 bits per heavy atom. The van der Waals surface area contributed by atoms with Crippen LogP contribution in [0, 0.1) is 21.8 Å². The van der Waals surface area contributed by atoms with Crippen LogP contribution in [0.15, 0.2) is 36.5 Å². The molecule has 26 heavy (non-hydrogen) atoms. The molecular weight excluding hydrogens is 363 g/mol. The molecule has 0 saturated carbocycles. The molecule has 1 aromatic carbocycles. The number of nitro groups is 1. The molecule has 9 heteroatoms. The van der Waals surface area contributed by atoms with Gasteiger partial charge in [-0.2, -0.15) is 0 Å². The summed E-state index contributed by atoms with van der Waals surface area (Å²) >= 11 is 5.73. The summed E-state index contributed by atoms with van der Waals surface area (Å²) in [5.41, 5.74) is 0.361. The van der Waals surface area contributed by atoms with Crippen LogP contribution in [0.3, 0.4) is 0 Å². The van der Waals surface area contributed by atoms with Gasteiger partial charge in [0.1, 0.15) is 17.8 Å². The molecule has 0 unspecified atom stereocenters. The number of benzene rings is 1. The number of amides is 1. The summed E-state index contributed by atoms with van der Waals surface area (Å²) in [6.45, 7) is 1.17. The highest BCUT2D eigenvalue weighted by atomic mass is 35.5. The van der Waals surface area contributed by atoms with Crippen LogP contribution in [0.2, 0.25) is 5.02 Å². The van der Waals surface area contributed by atoms with Crippen molar-refractivity contribution in [1.82, 2.24) is 4.98 Å². The molecule has 136 valence electrons. The molecule has 1 fully saturated rings. The average molecular weight is 379 g/mol. The van der Waals surface area contributed by atoms with E-state index in [2.05, 4.69) is 10.3 Å². The summed E-state index contributed by atoms with van der Waals surface area (Å²) < 4.78 is 13.2. The molecule has 0 aliphatic carbocycles. The molecule has 1 amide bonds. The number of nitrogens with one attached hydrogen (secondary N) is 1. The standard InChI is InChI=1S/C17H16ClFN4O3/c18-14-8-12(3-5-15(14)19)21-17(24)11-2-1-7-22(10-11)16-6-4-13(9-20-16)23(25)26/h3-6,8-9,11H,1-2,7,10H2,(H,21,24)/t11-/m0/s1. The molecule has 2 aromatic rings. The highest BCUT2D eigenvalue weighted by Gasteiger charge is 2.27.